The molecule has 0 bridgehead atoms. The molecule has 0 N–H and O–H groups in total. The zero-order valence-corrected chi connectivity index (χ0v) is 16.8. The van der Waals surface area contributed by atoms with Crippen LogP contribution in [0.3, 0.4) is 0 Å². The number of hydrogen-bond donors (Lipinski definition) is 0. The number of nitriles is 1. The lowest BCUT2D eigenvalue weighted by Gasteiger charge is -2.34. The Balaban J connectivity index is 1.50. The van der Waals surface area contributed by atoms with Gasteiger partial charge in [0, 0.05) is 47.2 Å². The standard InChI is InChI=1S/C18H20N8O4/c1-11-21-12(8-19)17(30-11)25-6-4-24(5-7-25)13(27)9-26-10-20-15-14(26)16(28)23(3)18(29)22(15)2/h10H,4-7,9H2,1-3H3. The van der Waals surface area contributed by atoms with Crippen LogP contribution < -0.4 is 16.1 Å². The van der Waals surface area contributed by atoms with E-state index < -0.39 is 11.2 Å². The van der Waals surface area contributed by atoms with Gasteiger partial charge in [-0.2, -0.15) is 5.26 Å². The average Bonchev–Trinajstić information content (AvgIpc) is 3.34. The van der Waals surface area contributed by atoms with Crippen LogP contribution in [0.15, 0.2) is 20.3 Å². The molecule has 4 rings (SSSR count). The first kappa shape index (κ1) is 19.4. The minimum Gasteiger partial charge on any atom is -0.424 e. The van der Waals surface area contributed by atoms with Crippen LogP contribution in [0.2, 0.25) is 0 Å². The highest BCUT2D eigenvalue weighted by Crippen LogP contribution is 2.22. The van der Waals surface area contributed by atoms with Crippen molar-refractivity contribution in [1.82, 2.24) is 28.6 Å². The van der Waals surface area contributed by atoms with Gasteiger partial charge in [-0.15, -0.1) is 0 Å². The smallest absolute Gasteiger partial charge is 0.332 e. The fourth-order valence-corrected chi connectivity index (χ4v) is 3.62. The zero-order valence-electron chi connectivity index (χ0n) is 16.8. The third kappa shape index (κ3) is 3.04. The number of imidazole rings is 1. The van der Waals surface area contributed by atoms with E-state index in [0.717, 1.165) is 4.57 Å². The minimum absolute atomic E-state index is 0.0607. The molecule has 156 valence electrons. The van der Waals surface area contributed by atoms with Crippen molar-refractivity contribution in [3.63, 3.8) is 0 Å². The van der Waals surface area contributed by atoms with Gasteiger partial charge in [0.05, 0.1) is 6.33 Å². The molecule has 0 atom stereocenters. The number of nitrogens with zero attached hydrogens (tertiary/aromatic N) is 8. The fraction of sp³-hybridized carbons (Fsp3) is 0.444. The van der Waals surface area contributed by atoms with Crippen molar-refractivity contribution >= 4 is 23.0 Å². The zero-order chi connectivity index (χ0) is 21.6. The fourth-order valence-electron chi connectivity index (χ4n) is 3.62. The number of aryl methyl sites for hydroxylation is 2. The summed E-state index contributed by atoms with van der Waals surface area (Å²) in [5.41, 5.74) is -0.279. The summed E-state index contributed by atoms with van der Waals surface area (Å²) in [6, 6.07) is 2.02. The second kappa shape index (κ2) is 7.18. The normalized spacial score (nSPS) is 14.3. The van der Waals surface area contributed by atoms with Crippen molar-refractivity contribution < 1.29 is 9.21 Å². The second-order valence-electron chi connectivity index (χ2n) is 7.12. The van der Waals surface area contributed by atoms with Gasteiger partial charge >= 0.3 is 5.69 Å². The maximum absolute atomic E-state index is 12.8. The van der Waals surface area contributed by atoms with E-state index in [9.17, 15) is 19.6 Å². The van der Waals surface area contributed by atoms with Gasteiger partial charge in [0.15, 0.2) is 17.1 Å². The topological polar surface area (TPSA) is 135 Å². The molecule has 1 aliphatic rings. The van der Waals surface area contributed by atoms with Crippen molar-refractivity contribution in [2.24, 2.45) is 14.1 Å². The third-order valence-electron chi connectivity index (χ3n) is 5.26. The maximum Gasteiger partial charge on any atom is 0.332 e. The lowest BCUT2D eigenvalue weighted by atomic mass is 10.3. The molecule has 4 heterocycles. The first-order chi connectivity index (χ1) is 14.3. The van der Waals surface area contributed by atoms with E-state index in [4.69, 9.17) is 4.42 Å². The number of anilines is 1. The molecule has 0 unspecified atom stereocenters. The maximum atomic E-state index is 12.8. The Hall–Kier alpha value is -3.88. The van der Waals surface area contributed by atoms with Gasteiger partial charge < -0.3 is 18.8 Å². The number of piperazine rings is 1. The van der Waals surface area contributed by atoms with E-state index in [1.165, 1.54) is 29.6 Å². The van der Waals surface area contributed by atoms with E-state index in [1.807, 2.05) is 11.0 Å². The van der Waals surface area contributed by atoms with Crippen LogP contribution in [0, 0.1) is 18.3 Å². The summed E-state index contributed by atoms with van der Waals surface area (Å²) < 4.78 is 9.28. The number of aromatic nitrogens is 5. The van der Waals surface area contributed by atoms with E-state index in [-0.39, 0.29) is 29.3 Å². The Labute approximate surface area is 170 Å². The van der Waals surface area contributed by atoms with E-state index in [2.05, 4.69) is 9.97 Å². The molecule has 1 amide bonds. The predicted molar refractivity (Wildman–Crippen MR) is 105 cm³/mol. The largest absolute Gasteiger partial charge is 0.424 e. The van der Waals surface area contributed by atoms with Crippen LogP contribution in [-0.4, -0.2) is 60.7 Å². The molecule has 3 aromatic heterocycles. The third-order valence-corrected chi connectivity index (χ3v) is 5.26. The van der Waals surface area contributed by atoms with Gasteiger partial charge in [0.25, 0.3) is 5.56 Å². The molecule has 0 aromatic carbocycles. The number of hydrogen-bond acceptors (Lipinski definition) is 8. The lowest BCUT2D eigenvalue weighted by Crippen LogP contribution is -2.49. The monoisotopic (exact) mass is 412 g/mol. The summed E-state index contributed by atoms with van der Waals surface area (Å²) in [7, 11) is 2.92. The summed E-state index contributed by atoms with van der Waals surface area (Å²) in [4.78, 5) is 49.1. The number of oxazole rings is 1. The summed E-state index contributed by atoms with van der Waals surface area (Å²) in [6.45, 7) is 3.49. The van der Waals surface area contributed by atoms with Crippen LogP contribution in [-0.2, 0) is 25.4 Å². The molecular formula is C18H20N8O4. The number of carbonyl (C=O) groups is 1. The van der Waals surface area contributed by atoms with Crippen molar-refractivity contribution in [2.75, 3.05) is 31.1 Å². The molecule has 0 radical (unpaired) electrons. The molecule has 12 heteroatoms. The predicted octanol–water partition coefficient (Wildman–Crippen LogP) is -1.05. The summed E-state index contributed by atoms with van der Waals surface area (Å²) in [5, 5.41) is 9.19. The van der Waals surface area contributed by atoms with Crippen molar-refractivity contribution in [1.29, 1.82) is 5.26 Å². The van der Waals surface area contributed by atoms with E-state index >= 15 is 0 Å². The van der Waals surface area contributed by atoms with Crippen LogP contribution in [0.5, 0.6) is 0 Å². The quantitative estimate of drug-likeness (QED) is 0.532. The second-order valence-corrected chi connectivity index (χ2v) is 7.12. The Morgan fingerprint density at radius 3 is 2.57 bits per heavy atom. The van der Waals surface area contributed by atoms with Crippen LogP contribution >= 0.6 is 0 Å². The van der Waals surface area contributed by atoms with Gasteiger partial charge in [-0.3, -0.25) is 18.7 Å². The Morgan fingerprint density at radius 2 is 1.90 bits per heavy atom. The number of carbonyl (C=O) groups excluding carboxylic acids is 1. The molecule has 30 heavy (non-hydrogen) atoms. The van der Waals surface area contributed by atoms with Gasteiger partial charge in [0.2, 0.25) is 17.5 Å². The van der Waals surface area contributed by atoms with Crippen molar-refractivity contribution in [3.8, 4) is 6.07 Å². The Bertz CT molecular complexity index is 1300. The van der Waals surface area contributed by atoms with E-state index in [0.29, 0.717) is 38.0 Å². The van der Waals surface area contributed by atoms with Crippen LogP contribution in [0.4, 0.5) is 5.88 Å². The molecule has 1 aliphatic heterocycles. The first-order valence-electron chi connectivity index (χ1n) is 9.33. The first-order valence-corrected chi connectivity index (χ1v) is 9.33. The Morgan fingerprint density at radius 1 is 1.20 bits per heavy atom. The summed E-state index contributed by atoms with van der Waals surface area (Å²) in [5.74, 6) is 0.675. The van der Waals surface area contributed by atoms with Gasteiger partial charge in [0.1, 0.15) is 12.6 Å². The number of amides is 1. The van der Waals surface area contributed by atoms with Crippen LogP contribution in [0.1, 0.15) is 11.6 Å². The van der Waals surface area contributed by atoms with Crippen LogP contribution in [0.25, 0.3) is 11.2 Å². The number of fused-ring (bicyclic) bond motifs is 1. The molecule has 1 fully saturated rings. The highest BCUT2D eigenvalue weighted by atomic mass is 16.4. The van der Waals surface area contributed by atoms with Gasteiger partial charge in [-0.05, 0) is 0 Å². The minimum atomic E-state index is -0.493. The Kier molecular flexibility index (Phi) is 4.65. The average molecular weight is 412 g/mol. The highest BCUT2D eigenvalue weighted by molar-refractivity contribution is 5.79. The van der Waals surface area contributed by atoms with Crippen molar-refractivity contribution in [2.45, 2.75) is 13.5 Å². The molecule has 0 aliphatic carbocycles. The molecule has 12 nitrogen and oxygen atoms in total. The summed E-state index contributed by atoms with van der Waals surface area (Å²) >= 11 is 0. The molecule has 0 spiro atoms. The lowest BCUT2D eigenvalue weighted by molar-refractivity contribution is -0.132. The molecule has 3 aromatic rings. The van der Waals surface area contributed by atoms with Gasteiger partial charge in [-0.25, -0.2) is 14.8 Å². The van der Waals surface area contributed by atoms with Crippen molar-refractivity contribution in [3.05, 3.63) is 38.8 Å². The highest BCUT2D eigenvalue weighted by Gasteiger charge is 2.26. The SMILES string of the molecule is Cc1nc(C#N)c(N2CCN(C(=O)Cn3cnc4c3c(=O)n(C)c(=O)n4C)CC2)o1. The number of rotatable bonds is 3. The molecular weight excluding hydrogens is 392 g/mol. The van der Waals surface area contributed by atoms with Gasteiger partial charge in [-0.1, -0.05) is 0 Å². The van der Waals surface area contributed by atoms with E-state index in [1.54, 1.807) is 11.8 Å². The summed E-state index contributed by atoms with van der Waals surface area (Å²) in [6.07, 6.45) is 1.40. The molecule has 1 saturated heterocycles. The molecule has 0 saturated carbocycles.